The molecule has 2 N–H and O–H groups in total. The molecule has 2 aromatic rings. The molecular formula is C16H20N4O2S. The summed E-state index contributed by atoms with van der Waals surface area (Å²) < 4.78 is 0. The van der Waals surface area contributed by atoms with Gasteiger partial charge in [0.05, 0.1) is 16.9 Å². The van der Waals surface area contributed by atoms with Gasteiger partial charge in [-0.2, -0.15) is 0 Å². The first-order chi connectivity index (χ1) is 10.7. The maximum absolute atomic E-state index is 12.3. The second kappa shape index (κ2) is 6.87. The highest BCUT2D eigenvalue weighted by Crippen LogP contribution is 2.25. The third kappa shape index (κ3) is 5.14. The highest BCUT2D eigenvalue weighted by molar-refractivity contribution is 7.13. The minimum absolute atomic E-state index is 0.116. The third-order valence-corrected chi connectivity index (χ3v) is 3.81. The van der Waals surface area contributed by atoms with Crippen LogP contribution in [0, 0.1) is 5.41 Å². The van der Waals surface area contributed by atoms with E-state index < -0.39 is 0 Å². The van der Waals surface area contributed by atoms with Crippen molar-refractivity contribution < 1.29 is 9.59 Å². The smallest absolute Gasteiger partial charge is 0.268 e. The first-order valence-electron chi connectivity index (χ1n) is 7.23. The summed E-state index contributed by atoms with van der Waals surface area (Å²) in [6.45, 7) is 7.78. The second-order valence-corrected chi connectivity index (χ2v) is 7.51. The number of hydrogen-bond acceptors (Lipinski definition) is 5. The largest absolute Gasteiger partial charge is 0.323 e. The van der Waals surface area contributed by atoms with E-state index >= 15 is 0 Å². The minimum Gasteiger partial charge on any atom is -0.323 e. The molecule has 0 unspecified atom stereocenters. The van der Waals surface area contributed by atoms with Gasteiger partial charge in [-0.1, -0.05) is 20.8 Å². The van der Waals surface area contributed by atoms with Gasteiger partial charge in [-0.05, 0) is 17.5 Å². The van der Waals surface area contributed by atoms with Gasteiger partial charge in [-0.3, -0.25) is 9.59 Å². The first kappa shape index (κ1) is 17.1. The summed E-state index contributed by atoms with van der Waals surface area (Å²) in [5.41, 5.74) is 0.582. The highest BCUT2D eigenvalue weighted by Gasteiger charge is 2.17. The zero-order chi connectivity index (χ0) is 17.0. The Kier molecular flexibility index (Phi) is 5.10. The normalized spacial score (nSPS) is 11.1. The molecule has 2 amide bonds. The van der Waals surface area contributed by atoms with Crippen LogP contribution in [0.5, 0.6) is 0 Å². The molecule has 0 aliphatic rings. The number of nitrogens with zero attached hydrogens (tertiary/aromatic N) is 2. The highest BCUT2D eigenvalue weighted by atomic mass is 32.1. The van der Waals surface area contributed by atoms with Crippen molar-refractivity contribution in [2.24, 2.45) is 5.41 Å². The third-order valence-electron chi connectivity index (χ3n) is 2.81. The van der Waals surface area contributed by atoms with Crippen LogP contribution in [0.25, 0.3) is 0 Å². The molecule has 0 aliphatic carbocycles. The fourth-order valence-corrected chi connectivity index (χ4v) is 3.03. The van der Waals surface area contributed by atoms with E-state index in [1.807, 2.05) is 0 Å². The number of anilines is 2. The summed E-state index contributed by atoms with van der Waals surface area (Å²) in [7, 11) is 0. The van der Waals surface area contributed by atoms with E-state index in [0.29, 0.717) is 16.4 Å². The lowest BCUT2D eigenvalue weighted by molar-refractivity contribution is -0.114. The van der Waals surface area contributed by atoms with Gasteiger partial charge in [-0.15, -0.1) is 11.3 Å². The maximum atomic E-state index is 12.3. The molecule has 23 heavy (non-hydrogen) atoms. The van der Waals surface area contributed by atoms with E-state index in [1.54, 1.807) is 24.5 Å². The lowest BCUT2D eigenvalue weighted by atomic mass is 9.93. The van der Waals surface area contributed by atoms with Crippen LogP contribution in [0.2, 0.25) is 0 Å². The standard InChI is InChI=1S/C16H20N4O2S/c1-10(21)19-11-6-5-7-17-14(11)20-15(22)12-9-18-13(23-12)8-16(2,3)4/h5-7,9H,8H2,1-4H3,(H,19,21)(H,17,20,22). The topological polar surface area (TPSA) is 84.0 Å². The van der Waals surface area contributed by atoms with Gasteiger partial charge >= 0.3 is 0 Å². The molecule has 0 spiro atoms. The average molecular weight is 332 g/mol. The van der Waals surface area contributed by atoms with Crippen molar-refractivity contribution in [2.75, 3.05) is 10.6 Å². The Morgan fingerprint density at radius 2 is 1.96 bits per heavy atom. The van der Waals surface area contributed by atoms with Crippen molar-refractivity contribution in [3.8, 4) is 0 Å². The molecule has 0 atom stereocenters. The molecule has 2 aromatic heterocycles. The van der Waals surface area contributed by atoms with Crippen molar-refractivity contribution in [1.29, 1.82) is 0 Å². The van der Waals surface area contributed by atoms with E-state index in [9.17, 15) is 9.59 Å². The predicted octanol–water partition coefficient (Wildman–Crippen LogP) is 3.34. The number of carbonyl (C=O) groups is 2. The number of thiazole rings is 1. The van der Waals surface area contributed by atoms with Gasteiger partial charge in [-0.25, -0.2) is 9.97 Å². The zero-order valence-electron chi connectivity index (χ0n) is 13.6. The van der Waals surface area contributed by atoms with Crippen molar-refractivity contribution in [1.82, 2.24) is 9.97 Å². The second-order valence-electron chi connectivity index (χ2n) is 6.39. The first-order valence-corrected chi connectivity index (χ1v) is 8.05. The monoisotopic (exact) mass is 332 g/mol. The maximum Gasteiger partial charge on any atom is 0.268 e. The van der Waals surface area contributed by atoms with E-state index in [2.05, 4.69) is 41.4 Å². The van der Waals surface area contributed by atoms with Gasteiger partial charge in [0, 0.05) is 19.5 Å². The molecule has 0 aliphatic heterocycles. The fraction of sp³-hybridized carbons (Fsp3) is 0.375. The molecular weight excluding hydrogens is 312 g/mol. The van der Waals surface area contributed by atoms with Crippen LogP contribution in [-0.4, -0.2) is 21.8 Å². The van der Waals surface area contributed by atoms with Crippen LogP contribution in [0.4, 0.5) is 11.5 Å². The summed E-state index contributed by atoms with van der Waals surface area (Å²) in [4.78, 5) is 32.5. The van der Waals surface area contributed by atoms with E-state index in [-0.39, 0.29) is 17.2 Å². The summed E-state index contributed by atoms with van der Waals surface area (Å²) in [6, 6.07) is 3.37. The molecule has 0 saturated heterocycles. The number of nitrogens with one attached hydrogen (secondary N) is 2. The van der Waals surface area contributed by atoms with Crippen LogP contribution in [-0.2, 0) is 11.2 Å². The molecule has 0 fully saturated rings. The number of amides is 2. The van der Waals surface area contributed by atoms with Crippen LogP contribution in [0.1, 0.15) is 42.4 Å². The lowest BCUT2D eigenvalue weighted by Crippen LogP contribution is -2.15. The van der Waals surface area contributed by atoms with Crippen LogP contribution >= 0.6 is 11.3 Å². The number of carbonyl (C=O) groups excluding carboxylic acids is 2. The summed E-state index contributed by atoms with van der Waals surface area (Å²) >= 11 is 1.37. The summed E-state index contributed by atoms with van der Waals surface area (Å²) in [5, 5.41) is 6.27. The molecule has 0 radical (unpaired) electrons. The van der Waals surface area contributed by atoms with Crippen molar-refractivity contribution in [2.45, 2.75) is 34.1 Å². The van der Waals surface area contributed by atoms with Gasteiger partial charge in [0.1, 0.15) is 4.88 Å². The van der Waals surface area contributed by atoms with E-state index in [0.717, 1.165) is 11.4 Å². The van der Waals surface area contributed by atoms with Crippen LogP contribution in [0.3, 0.4) is 0 Å². The van der Waals surface area contributed by atoms with Crippen molar-refractivity contribution >= 4 is 34.7 Å². The summed E-state index contributed by atoms with van der Waals surface area (Å²) in [5.74, 6) is -0.190. The van der Waals surface area contributed by atoms with Gasteiger partial charge < -0.3 is 10.6 Å². The molecule has 6 nitrogen and oxygen atoms in total. The number of rotatable bonds is 4. The van der Waals surface area contributed by atoms with E-state index in [4.69, 9.17) is 0 Å². The number of aromatic nitrogens is 2. The Morgan fingerprint density at radius 1 is 1.22 bits per heavy atom. The molecule has 0 aromatic carbocycles. The molecule has 0 bridgehead atoms. The fourth-order valence-electron chi connectivity index (χ4n) is 1.92. The van der Waals surface area contributed by atoms with Gasteiger partial charge in [0.15, 0.2) is 5.82 Å². The zero-order valence-corrected chi connectivity index (χ0v) is 14.5. The number of pyridine rings is 1. The Hall–Kier alpha value is -2.28. The molecule has 122 valence electrons. The quantitative estimate of drug-likeness (QED) is 0.899. The van der Waals surface area contributed by atoms with Crippen molar-refractivity contribution in [3.63, 3.8) is 0 Å². The molecule has 2 heterocycles. The van der Waals surface area contributed by atoms with Gasteiger partial charge in [0.25, 0.3) is 5.91 Å². The average Bonchev–Trinajstić information content (AvgIpc) is 2.86. The minimum atomic E-state index is -0.284. The van der Waals surface area contributed by atoms with Crippen LogP contribution in [0.15, 0.2) is 24.5 Å². The van der Waals surface area contributed by atoms with E-state index in [1.165, 1.54) is 18.3 Å². The Morgan fingerprint density at radius 3 is 2.61 bits per heavy atom. The summed E-state index contributed by atoms with van der Waals surface area (Å²) in [6.07, 6.45) is 3.94. The van der Waals surface area contributed by atoms with Crippen molar-refractivity contribution in [3.05, 3.63) is 34.4 Å². The molecule has 2 rings (SSSR count). The Balaban J connectivity index is 2.12. The Bertz CT molecular complexity index is 719. The Labute approximate surface area is 139 Å². The predicted molar refractivity (Wildman–Crippen MR) is 91.8 cm³/mol. The SMILES string of the molecule is CC(=O)Nc1cccnc1NC(=O)c1cnc(CC(C)(C)C)s1. The number of hydrogen-bond donors (Lipinski definition) is 2. The van der Waals surface area contributed by atoms with Crippen LogP contribution < -0.4 is 10.6 Å². The molecule has 0 saturated carbocycles. The lowest BCUT2D eigenvalue weighted by Gasteiger charge is -2.15. The molecule has 7 heteroatoms. The van der Waals surface area contributed by atoms with Gasteiger partial charge in [0.2, 0.25) is 5.91 Å².